The van der Waals surface area contributed by atoms with Crippen molar-refractivity contribution in [1.29, 1.82) is 0 Å². The highest BCUT2D eigenvalue weighted by atomic mass is 19.1. The lowest BCUT2D eigenvalue weighted by Gasteiger charge is -2.38. The first kappa shape index (κ1) is 17.5. The Bertz CT molecular complexity index is 777. The Kier molecular flexibility index (Phi) is 4.85. The van der Waals surface area contributed by atoms with Gasteiger partial charge >= 0.3 is 0 Å². The van der Waals surface area contributed by atoms with E-state index in [1.807, 2.05) is 6.92 Å². The van der Waals surface area contributed by atoms with Crippen LogP contribution in [0.4, 0.5) is 8.78 Å². The first-order chi connectivity index (χ1) is 11.9. The maximum absolute atomic E-state index is 13.8. The molecule has 0 radical (unpaired) electrons. The van der Waals surface area contributed by atoms with Crippen LogP contribution in [0.15, 0.2) is 30.6 Å². The van der Waals surface area contributed by atoms with Crippen LogP contribution < -0.4 is 5.32 Å². The third-order valence-corrected chi connectivity index (χ3v) is 4.93. The van der Waals surface area contributed by atoms with Crippen molar-refractivity contribution in [2.45, 2.75) is 38.7 Å². The van der Waals surface area contributed by atoms with Gasteiger partial charge in [-0.15, -0.1) is 0 Å². The number of aromatic nitrogens is 2. The monoisotopic (exact) mass is 349 g/mol. The second-order valence-electron chi connectivity index (χ2n) is 6.87. The summed E-state index contributed by atoms with van der Waals surface area (Å²) < 4.78 is 28.0. The van der Waals surface area contributed by atoms with Crippen molar-refractivity contribution in [3.8, 4) is 5.69 Å². The lowest BCUT2D eigenvalue weighted by molar-refractivity contribution is 0.00190. The van der Waals surface area contributed by atoms with Crippen LogP contribution in [-0.2, 0) is 0 Å². The van der Waals surface area contributed by atoms with Gasteiger partial charge in [0.05, 0.1) is 17.9 Å². The van der Waals surface area contributed by atoms with E-state index in [2.05, 4.69) is 10.4 Å². The molecular formula is C18H21F2N3O2. The predicted octanol–water partition coefficient (Wildman–Crippen LogP) is 2.82. The molecule has 1 saturated carbocycles. The molecule has 1 aliphatic carbocycles. The number of halogens is 2. The minimum absolute atomic E-state index is 0.0649. The van der Waals surface area contributed by atoms with Gasteiger partial charge < -0.3 is 10.4 Å². The van der Waals surface area contributed by atoms with E-state index in [0.717, 1.165) is 37.8 Å². The van der Waals surface area contributed by atoms with Gasteiger partial charge in [0.1, 0.15) is 11.5 Å². The normalized spacial score (nSPS) is 23.4. The van der Waals surface area contributed by atoms with Gasteiger partial charge in [0.2, 0.25) is 0 Å². The van der Waals surface area contributed by atoms with Gasteiger partial charge in [0.25, 0.3) is 5.91 Å². The van der Waals surface area contributed by atoms with Crippen LogP contribution in [0.2, 0.25) is 0 Å². The number of rotatable bonds is 4. The second-order valence-corrected chi connectivity index (χ2v) is 6.87. The van der Waals surface area contributed by atoms with Crippen molar-refractivity contribution in [1.82, 2.24) is 15.1 Å². The number of carbonyl (C=O) groups is 1. The molecule has 5 nitrogen and oxygen atoms in total. The molecule has 2 N–H and O–H groups in total. The Morgan fingerprint density at radius 1 is 1.44 bits per heavy atom. The van der Waals surface area contributed by atoms with Crippen LogP contribution in [0, 0.1) is 17.0 Å². The number of carbonyl (C=O) groups excluding carboxylic acids is 1. The van der Waals surface area contributed by atoms with Crippen molar-refractivity contribution in [2.75, 3.05) is 6.54 Å². The van der Waals surface area contributed by atoms with Crippen LogP contribution in [0.5, 0.6) is 0 Å². The van der Waals surface area contributed by atoms with E-state index in [1.165, 1.54) is 23.1 Å². The Balaban J connectivity index is 1.68. The molecule has 1 aromatic carbocycles. The quantitative estimate of drug-likeness (QED) is 0.892. The van der Waals surface area contributed by atoms with Gasteiger partial charge in [0, 0.05) is 24.2 Å². The number of amides is 1. The number of nitrogens with one attached hydrogen (secondary N) is 1. The number of hydrogen-bond acceptors (Lipinski definition) is 3. The Labute approximate surface area is 144 Å². The van der Waals surface area contributed by atoms with Crippen LogP contribution in [0.3, 0.4) is 0 Å². The van der Waals surface area contributed by atoms with E-state index in [9.17, 15) is 18.7 Å². The van der Waals surface area contributed by atoms with Crippen LogP contribution in [-0.4, -0.2) is 33.4 Å². The highest BCUT2D eigenvalue weighted by Crippen LogP contribution is 2.35. The van der Waals surface area contributed by atoms with E-state index in [-0.39, 0.29) is 22.6 Å². The minimum Gasteiger partial charge on any atom is -0.392 e. The number of benzene rings is 1. The van der Waals surface area contributed by atoms with Crippen molar-refractivity contribution < 1.29 is 18.7 Å². The zero-order valence-electron chi connectivity index (χ0n) is 14.0. The molecule has 0 saturated heterocycles. The molecule has 1 fully saturated rings. The molecule has 2 atom stereocenters. The molecule has 0 aliphatic heterocycles. The van der Waals surface area contributed by atoms with E-state index in [1.54, 1.807) is 0 Å². The zero-order chi connectivity index (χ0) is 18.0. The van der Waals surface area contributed by atoms with Crippen molar-refractivity contribution in [3.05, 3.63) is 47.8 Å². The van der Waals surface area contributed by atoms with Crippen LogP contribution in [0.25, 0.3) is 5.69 Å². The van der Waals surface area contributed by atoms with Gasteiger partial charge in [-0.3, -0.25) is 4.79 Å². The van der Waals surface area contributed by atoms with Crippen molar-refractivity contribution in [2.24, 2.45) is 5.41 Å². The van der Waals surface area contributed by atoms with Gasteiger partial charge in [-0.25, -0.2) is 13.5 Å². The number of aliphatic hydroxyl groups is 1. The summed E-state index contributed by atoms with van der Waals surface area (Å²) in [6.45, 7) is 2.33. The summed E-state index contributed by atoms with van der Waals surface area (Å²) in [5.74, 6) is -1.77. The summed E-state index contributed by atoms with van der Waals surface area (Å²) in [6, 6.07) is 3.16. The Morgan fingerprint density at radius 2 is 2.24 bits per heavy atom. The molecule has 25 heavy (non-hydrogen) atoms. The van der Waals surface area contributed by atoms with E-state index in [0.29, 0.717) is 6.54 Å². The highest BCUT2D eigenvalue weighted by molar-refractivity contribution is 5.93. The third-order valence-electron chi connectivity index (χ3n) is 4.93. The number of nitrogens with zero attached hydrogens (tertiary/aromatic N) is 2. The van der Waals surface area contributed by atoms with E-state index >= 15 is 0 Å². The molecule has 0 bridgehead atoms. The molecule has 1 aliphatic rings. The molecule has 1 aromatic heterocycles. The Morgan fingerprint density at radius 3 is 2.96 bits per heavy atom. The summed E-state index contributed by atoms with van der Waals surface area (Å²) in [5.41, 5.74) is 0.000191. The van der Waals surface area contributed by atoms with Crippen molar-refractivity contribution >= 4 is 5.91 Å². The topological polar surface area (TPSA) is 67.2 Å². The van der Waals surface area contributed by atoms with E-state index < -0.39 is 17.7 Å². The smallest absolute Gasteiger partial charge is 0.254 e. The largest absolute Gasteiger partial charge is 0.392 e. The average Bonchev–Trinajstić information content (AvgIpc) is 3.05. The molecule has 0 spiro atoms. The molecular weight excluding hydrogens is 328 g/mol. The lowest BCUT2D eigenvalue weighted by Crippen LogP contribution is -2.45. The zero-order valence-corrected chi connectivity index (χ0v) is 14.0. The average molecular weight is 349 g/mol. The third kappa shape index (κ3) is 3.71. The minimum atomic E-state index is -0.757. The maximum atomic E-state index is 13.8. The van der Waals surface area contributed by atoms with Gasteiger partial charge in [-0.05, 0) is 25.0 Å². The summed E-state index contributed by atoms with van der Waals surface area (Å²) >= 11 is 0. The molecule has 1 amide bonds. The summed E-state index contributed by atoms with van der Waals surface area (Å²) in [6.07, 6.45) is 5.93. The fourth-order valence-corrected chi connectivity index (χ4v) is 3.21. The summed E-state index contributed by atoms with van der Waals surface area (Å²) in [4.78, 5) is 12.3. The summed E-state index contributed by atoms with van der Waals surface area (Å²) in [5, 5.41) is 17.0. The Hall–Kier alpha value is -2.28. The molecule has 3 rings (SSSR count). The first-order valence-electron chi connectivity index (χ1n) is 8.35. The predicted molar refractivity (Wildman–Crippen MR) is 88.4 cm³/mol. The standard InChI is InChI=1S/C18H21F2N3O2/c1-18(7-3-2-4-16(18)24)11-21-17(25)12-9-22-23(10-12)15-6-5-13(19)8-14(15)20/h5-6,8-10,16,24H,2-4,7,11H2,1H3,(H,21,25). The molecule has 1 heterocycles. The highest BCUT2D eigenvalue weighted by Gasteiger charge is 2.35. The molecule has 2 aromatic rings. The van der Waals surface area contributed by atoms with Crippen LogP contribution >= 0.6 is 0 Å². The fraction of sp³-hybridized carbons (Fsp3) is 0.444. The van der Waals surface area contributed by atoms with Gasteiger partial charge in [-0.1, -0.05) is 19.8 Å². The number of aliphatic hydroxyl groups excluding tert-OH is 1. The lowest BCUT2D eigenvalue weighted by atomic mass is 9.73. The SMILES string of the molecule is CC1(CNC(=O)c2cnn(-c3ccc(F)cc3F)c2)CCCCC1O. The van der Waals surface area contributed by atoms with Crippen LogP contribution in [0.1, 0.15) is 43.0 Å². The fourth-order valence-electron chi connectivity index (χ4n) is 3.21. The first-order valence-corrected chi connectivity index (χ1v) is 8.35. The summed E-state index contributed by atoms with van der Waals surface area (Å²) in [7, 11) is 0. The molecule has 134 valence electrons. The maximum Gasteiger partial charge on any atom is 0.254 e. The molecule has 2 unspecified atom stereocenters. The van der Waals surface area contributed by atoms with Gasteiger partial charge in [0.15, 0.2) is 5.82 Å². The molecule has 7 heteroatoms. The van der Waals surface area contributed by atoms with E-state index in [4.69, 9.17) is 0 Å². The second kappa shape index (κ2) is 6.92. The van der Waals surface area contributed by atoms with Crippen molar-refractivity contribution in [3.63, 3.8) is 0 Å². The number of hydrogen-bond donors (Lipinski definition) is 2. The van der Waals surface area contributed by atoms with Gasteiger partial charge in [-0.2, -0.15) is 5.10 Å².